The zero-order valence-corrected chi connectivity index (χ0v) is 20.2. The lowest BCUT2D eigenvalue weighted by molar-refractivity contribution is -0.274. The van der Waals surface area contributed by atoms with E-state index in [0.717, 1.165) is 17.0 Å². The van der Waals surface area contributed by atoms with Crippen LogP contribution in [-0.2, 0) is 23.6 Å². The molecule has 5 nitrogen and oxygen atoms in total. The van der Waals surface area contributed by atoms with Crippen LogP contribution in [0.25, 0.3) is 0 Å². The third kappa shape index (κ3) is 6.95. The molecule has 0 aromatic heterocycles. The van der Waals surface area contributed by atoms with Crippen LogP contribution in [0.15, 0.2) is 36.4 Å². The number of halogens is 9. The second-order valence-corrected chi connectivity index (χ2v) is 8.83. The van der Waals surface area contributed by atoms with Crippen LogP contribution in [0.1, 0.15) is 55.5 Å². The second kappa shape index (κ2) is 10.4. The van der Waals surface area contributed by atoms with Crippen molar-refractivity contribution in [2.45, 2.75) is 70.6 Å². The van der Waals surface area contributed by atoms with Crippen molar-refractivity contribution in [1.82, 2.24) is 4.90 Å². The van der Waals surface area contributed by atoms with Crippen molar-refractivity contribution in [2.75, 3.05) is 5.32 Å². The van der Waals surface area contributed by atoms with Crippen LogP contribution >= 0.6 is 0 Å². The SMILES string of the molecule is CCC(C)Nc1ccc(OC(F)(F)F)cc1CN1C(=O)O[C@H](c2cc(C(F)(F)F)cc(C(F)(F)F)c2)[C@@H]1C. The number of benzene rings is 2. The van der Waals surface area contributed by atoms with Crippen molar-refractivity contribution in [2.24, 2.45) is 0 Å². The molecule has 0 aliphatic carbocycles. The van der Waals surface area contributed by atoms with E-state index in [-0.39, 0.29) is 24.2 Å². The summed E-state index contributed by atoms with van der Waals surface area (Å²) in [7, 11) is 0. The van der Waals surface area contributed by atoms with E-state index in [4.69, 9.17) is 4.74 Å². The fraction of sp³-hybridized carbons (Fsp3) is 0.458. The number of cyclic esters (lactones) is 1. The predicted molar refractivity (Wildman–Crippen MR) is 117 cm³/mol. The van der Waals surface area contributed by atoms with Crippen LogP contribution in [-0.4, -0.2) is 29.4 Å². The van der Waals surface area contributed by atoms with E-state index in [0.29, 0.717) is 24.2 Å². The fourth-order valence-corrected chi connectivity index (χ4v) is 3.89. The van der Waals surface area contributed by atoms with Crippen LogP contribution in [0.4, 0.5) is 50.0 Å². The standard InChI is InChI=1S/C24H23F9N2O3/c1-4-12(2)34-19-6-5-18(38-24(31,32)33)9-15(19)11-35-13(3)20(37-21(35)36)14-7-16(22(25,26)27)10-17(8-14)23(28,29)30/h5-10,12-13,20,34H,4,11H2,1-3H3/t12?,13-,20-/m0/s1. The number of carbonyl (C=O) groups excluding carboxylic acids is 1. The molecular formula is C24H23F9N2O3. The van der Waals surface area contributed by atoms with Crippen molar-refractivity contribution in [1.29, 1.82) is 0 Å². The van der Waals surface area contributed by atoms with Crippen LogP contribution in [0.3, 0.4) is 0 Å². The Morgan fingerprint density at radius 2 is 1.55 bits per heavy atom. The quantitative estimate of drug-likeness (QED) is 0.351. The summed E-state index contributed by atoms with van der Waals surface area (Å²) in [6.45, 7) is 4.64. The van der Waals surface area contributed by atoms with Crippen LogP contribution < -0.4 is 10.1 Å². The maximum Gasteiger partial charge on any atom is 0.573 e. The van der Waals surface area contributed by atoms with Gasteiger partial charge in [-0.15, -0.1) is 13.2 Å². The molecule has 1 fully saturated rings. The summed E-state index contributed by atoms with van der Waals surface area (Å²) in [5.74, 6) is -0.577. The number of ether oxygens (including phenoxy) is 2. The van der Waals surface area contributed by atoms with E-state index in [1.807, 2.05) is 6.92 Å². The first kappa shape index (κ1) is 29.2. The van der Waals surface area contributed by atoms with E-state index in [9.17, 15) is 44.3 Å². The summed E-state index contributed by atoms with van der Waals surface area (Å²) >= 11 is 0. The van der Waals surface area contributed by atoms with Crippen molar-refractivity contribution in [3.8, 4) is 5.75 Å². The average molecular weight is 558 g/mol. The molecule has 210 valence electrons. The molecule has 1 heterocycles. The fourth-order valence-electron chi connectivity index (χ4n) is 3.89. The highest BCUT2D eigenvalue weighted by molar-refractivity contribution is 5.72. The van der Waals surface area contributed by atoms with Gasteiger partial charge in [0.25, 0.3) is 0 Å². The number of hydrogen-bond donors (Lipinski definition) is 1. The van der Waals surface area contributed by atoms with E-state index < -0.39 is 59.4 Å². The summed E-state index contributed by atoms with van der Waals surface area (Å²) in [5.41, 5.74) is -3.14. The highest BCUT2D eigenvalue weighted by Gasteiger charge is 2.43. The van der Waals surface area contributed by atoms with Crippen molar-refractivity contribution >= 4 is 11.8 Å². The first-order valence-electron chi connectivity index (χ1n) is 11.3. The summed E-state index contributed by atoms with van der Waals surface area (Å²) in [4.78, 5) is 13.7. The largest absolute Gasteiger partial charge is 0.573 e. The predicted octanol–water partition coefficient (Wildman–Crippen LogP) is 7.92. The minimum Gasteiger partial charge on any atom is -0.439 e. The maximum atomic E-state index is 13.3. The molecule has 14 heteroatoms. The lowest BCUT2D eigenvalue weighted by Gasteiger charge is -2.25. The Morgan fingerprint density at radius 1 is 0.974 bits per heavy atom. The number of rotatable bonds is 7. The molecule has 1 saturated heterocycles. The highest BCUT2D eigenvalue weighted by atomic mass is 19.4. The van der Waals surface area contributed by atoms with Gasteiger partial charge in [-0.25, -0.2) is 4.79 Å². The zero-order chi connectivity index (χ0) is 28.6. The number of nitrogens with zero attached hydrogens (tertiary/aromatic N) is 1. The van der Waals surface area contributed by atoms with E-state index >= 15 is 0 Å². The summed E-state index contributed by atoms with van der Waals surface area (Å²) in [5, 5.41) is 3.08. The van der Waals surface area contributed by atoms with Gasteiger partial charge in [-0.3, -0.25) is 4.90 Å². The Kier molecular flexibility index (Phi) is 8.04. The molecule has 3 atom stereocenters. The number of amides is 1. The molecule has 0 spiro atoms. The topological polar surface area (TPSA) is 50.8 Å². The molecule has 0 saturated carbocycles. The van der Waals surface area contributed by atoms with Gasteiger partial charge in [-0.1, -0.05) is 6.92 Å². The van der Waals surface area contributed by atoms with Gasteiger partial charge < -0.3 is 14.8 Å². The van der Waals surface area contributed by atoms with Crippen molar-refractivity contribution in [3.63, 3.8) is 0 Å². The number of hydrogen-bond acceptors (Lipinski definition) is 4. The smallest absolute Gasteiger partial charge is 0.439 e. The molecule has 1 unspecified atom stereocenters. The molecule has 0 bridgehead atoms. The van der Waals surface area contributed by atoms with Gasteiger partial charge in [0, 0.05) is 11.7 Å². The van der Waals surface area contributed by atoms with Gasteiger partial charge in [-0.2, -0.15) is 26.3 Å². The zero-order valence-electron chi connectivity index (χ0n) is 20.2. The van der Waals surface area contributed by atoms with Gasteiger partial charge >= 0.3 is 24.8 Å². The number of alkyl halides is 9. The van der Waals surface area contributed by atoms with E-state index in [1.165, 1.54) is 13.0 Å². The molecule has 2 aromatic carbocycles. The van der Waals surface area contributed by atoms with Crippen LogP contribution in [0.2, 0.25) is 0 Å². The van der Waals surface area contributed by atoms with Gasteiger partial charge in [0.15, 0.2) is 0 Å². The lowest BCUT2D eigenvalue weighted by atomic mass is 9.97. The summed E-state index contributed by atoms with van der Waals surface area (Å²) in [6, 6.07) is 3.13. The minimum atomic E-state index is -5.10. The van der Waals surface area contributed by atoms with E-state index in [1.54, 1.807) is 6.92 Å². The molecule has 3 rings (SSSR count). The molecule has 1 N–H and O–H groups in total. The minimum absolute atomic E-state index is 0.0400. The van der Waals surface area contributed by atoms with Crippen molar-refractivity contribution in [3.05, 3.63) is 58.7 Å². The number of anilines is 1. The Hall–Kier alpha value is -3.32. The third-order valence-electron chi connectivity index (χ3n) is 6.00. The van der Waals surface area contributed by atoms with Gasteiger partial charge in [0.1, 0.15) is 11.9 Å². The first-order chi connectivity index (χ1) is 17.4. The van der Waals surface area contributed by atoms with Crippen molar-refractivity contribution < 1.29 is 53.8 Å². The normalized spacial score (nSPS) is 19.4. The molecule has 1 amide bonds. The maximum absolute atomic E-state index is 13.3. The monoisotopic (exact) mass is 558 g/mol. The first-order valence-corrected chi connectivity index (χ1v) is 11.3. The molecule has 2 aromatic rings. The number of carbonyl (C=O) groups is 1. The average Bonchev–Trinajstić information content (AvgIpc) is 3.06. The molecule has 38 heavy (non-hydrogen) atoms. The lowest BCUT2D eigenvalue weighted by Crippen LogP contribution is -2.32. The molecule has 1 aliphatic heterocycles. The van der Waals surface area contributed by atoms with Crippen LogP contribution in [0.5, 0.6) is 5.75 Å². The molecular weight excluding hydrogens is 535 g/mol. The Labute approximate surface area is 211 Å². The Balaban J connectivity index is 1.97. The molecule has 0 radical (unpaired) electrons. The molecule has 1 aliphatic rings. The van der Waals surface area contributed by atoms with Gasteiger partial charge in [0.2, 0.25) is 0 Å². The second-order valence-electron chi connectivity index (χ2n) is 8.83. The Bertz CT molecular complexity index is 1130. The van der Waals surface area contributed by atoms with Gasteiger partial charge in [0.05, 0.1) is 23.7 Å². The number of nitrogens with one attached hydrogen (secondary N) is 1. The van der Waals surface area contributed by atoms with Gasteiger partial charge in [-0.05, 0) is 67.8 Å². The van der Waals surface area contributed by atoms with Crippen LogP contribution in [0, 0.1) is 0 Å². The highest BCUT2D eigenvalue weighted by Crippen LogP contribution is 2.41. The Morgan fingerprint density at radius 3 is 2.05 bits per heavy atom. The summed E-state index contributed by atoms with van der Waals surface area (Å²) < 4.78 is 127. The third-order valence-corrected chi connectivity index (χ3v) is 6.00. The van der Waals surface area contributed by atoms with E-state index in [2.05, 4.69) is 10.1 Å². The summed E-state index contributed by atoms with van der Waals surface area (Å²) in [6.07, 6.45) is -17.1.